The molecule has 29 heavy (non-hydrogen) atoms. The zero-order valence-corrected chi connectivity index (χ0v) is 16.9. The van der Waals surface area contributed by atoms with Crippen molar-refractivity contribution in [2.24, 2.45) is 0 Å². The van der Waals surface area contributed by atoms with Crippen molar-refractivity contribution in [3.8, 4) is 0 Å². The predicted octanol–water partition coefficient (Wildman–Crippen LogP) is 1.71. The summed E-state index contributed by atoms with van der Waals surface area (Å²) in [6.07, 6.45) is 1.59. The SMILES string of the molecule is Cc1cc(C(=O)OCC(=O)NCCN2C(=O)CSC2=O)c(C)n1Cc1ccco1. The summed E-state index contributed by atoms with van der Waals surface area (Å²) in [6.45, 7) is 3.92. The van der Waals surface area contributed by atoms with Crippen LogP contribution in [0, 0.1) is 13.8 Å². The minimum absolute atomic E-state index is 0.0955. The van der Waals surface area contributed by atoms with Gasteiger partial charge >= 0.3 is 5.97 Å². The van der Waals surface area contributed by atoms with E-state index in [9.17, 15) is 19.2 Å². The van der Waals surface area contributed by atoms with Gasteiger partial charge in [0, 0.05) is 24.5 Å². The van der Waals surface area contributed by atoms with Crippen LogP contribution < -0.4 is 5.32 Å². The third kappa shape index (κ3) is 4.89. The van der Waals surface area contributed by atoms with Crippen LogP contribution in [0.1, 0.15) is 27.5 Å². The Morgan fingerprint density at radius 2 is 2.10 bits per heavy atom. The maximum atomic E-state index is 12.4. The standard InChI is InChI=1S/C19H21N3O6S/c1-12-8-15(13(2)22(12)9-14-4-3-7-27-14)18(25)28-10-16(23)20-5-6-21-17(24)11-29-19(21)26/h3-4,7-8H,5-6,9-11H2,1-2H3,(H,20,23). The summed E-state index contributed by atoms with van der Waals surface area (Å²) in [5.74, 6) is -0.484. The lowest BCUT2D eigenvalue weighted by molar-refractivity contribution is -0.126. The second-order valence-corrected chi connectivity index (χ2v) is 7.40. The van der Waals surface area contributed by atoms with E-state index in [2.05, 4.69) is 5.32 Å². The van der Waals surface area contributed by atoms with Crippen LogP contribution >= 0.6 is 11.8 Å². The minimum atomic E-state index is -0.597. The fraction of sp³-hybridized carbons (Fsp3) is 0.368. The van der Waals surface area contributed by atoms with Crippen molar-refractivity contribution in [2.75, 3.05) is 25.4 Å². The molecule has 0 aromatic carbocycles. The third-order valence-electron chi connectivity index (χ3n) is 4.52. The van der Waals surface area contributed by atoms with Gasteiger partial charge in [-0.1, -0.05) is 11.8 Å². The molecule has 0 bridgehead atoms. The highest BCUT2D eigenvalue weighted by molar-refractivity contribution is 8.14. The van der Waals surface area contributed by atoms with Crippen LogP contribution in [-0.4, -0.2) is 57.9 Å². The molecule has 1 saturated heterocycles. The van der Waals surface area contributed by atoms with Gasteiger partial charge in [-0.15, -0.1) is 0 Å². The average Bonchev–Trinajstić information content (AvgIpc) is 3.38. The highest BCUT2D eigenvalue weighted by Gasteiger charge is 2.29. The minimum Gasteiger partial charge on any atom is -0.467 e. The number of hydrogen-bond acceptors (Lipinski definition) is 7. The Bertz CT molecular complexity index is 918. The Labute approximate surface area is 171 Å². The summed E-state index contributed by atoms with van der Waals surface area (Å²) in [6, 6.07) is 5.36. The van der Waals surface area contributed by atoms with Crippen LogP contribution in [0.3, 0.4) is 0 Å². The van der Waals surface area contributed by atoms with Crippen LogP contribution in [0.2, 0.25) is 0 Å². The van der Waals surface area contributed by atoms with Gasteiger partial charge in [0.1, 0.15) is 5.76 Å². The van der Waals surface area contributed by atoms with Gasteiger partial charge in [0.25, 0.3) is 11.1 Å². The topological polar surface area (TPSA) is 111 Å². The maximum Gasteiger partial charge on any atom is 0.340 e. The van der Waals surface area contributed by atoms with Gasteiger partial charge < -0.3 is 19.0 Å². The quantitative estimate of drug-likeness (QED) is 0.649. The molecule has 2 aromatic rings. The molecule has 1 aliphatic rings. The fourth-order valence-electron chi connectivity index (χ4n) is 2.97. The van der Waals surface area contributed by atoms with Gasteiger partial charge in [-0.05, 0) is 32.0 Å². The number of carbonyl (C=O) groups excluding carboxylic acids is 4. The molecule has 0 aliphatic carbocycles. The maximum absolute atomic E-state index is 12.4. The number of amides is 3. The van der Waals surface area contributed by atoms with E-state index in [-0.39, 0.29) is 30.0 Å². The molecule has 10 heteroatoms. The molecule has 2 aromatic heterocycles. The summed E-state index contributed by atoms with van der Waals surface area (Å²) in [7, 11) is 0. The Hall–Kier alpha value is -3.01. The van der Waals surface area contributed by atoms with Gasteiger partial charge in [-0.2, -0.15) is 0 Å². The number of nitrogens with zero attached hydrogens (tertiary/aromatic N) is 2. The van der Waals surface area contributed by atoms with E-state index in [0.717, 1.165) is 28.1 Å². The van der Waals surface area contributed by atoms with E-state index in [1.165, 1.54) is 0 Å². The first-order valence-corrected chi connectivity index (χ1v) is 9.95. The number of aryl methyl sites for hydroxylation is 1. The second kappa shape index (κ2) is 8.99. The number of nitrogens with one attached hydrogen (secondary N) is 1. The van der Waals surface area contributed by atoms with Crippen molar-refractivity contribution in [1.82, 2.24) is 14.8 Å². The molecule has 0 atom stereocenters. The highest BCUT2D eigenvalue weighted by Crippen LogP contribution is 2.19. The van der Waals surface area contributed by atoms with Gasteiger partial charge in [0.05, 0.1) is 24.1 Å². The molecule has 0 unspecified atom stereocenters. The summed E-state index contributed by atoms with van der Waals surface area (Å²) >= 11 is 0.937. The number of aromatic nitrogens is 1. The molecule has 3 amide bonds. The molecule has 1 fully saturated rings. The fourth-order valence-corrected chi connectivity index (χ4v) is 3.73. The van der Waals surface area contributed by atoms with E-state index >= 15 is 0 Å². The first kappa shape index (κ1) is 20.7. The van der Waals surface area contributed by atoms with E-state index < -0.39 is 18.5 Å². The number of carbonyl (C=O) groups is 4. The predicted molar refractivity (Wildman–Crippen MR) is 105 cm³/mol. The number of rotatable bonds is 8. The van der Waals surface area contributed by atoms with Gasteiger partial charge in [0.15, 0.2) is 6.61 Å². The number of furan rings is 1. The number of thioether (sulfide) groups is 1. The molecule has 154 valence electrons. The lowest BCUT2D eigenvalue weighted by atomic mass is 10.2. The number of ether oxygens (including phenoxy) is 1. The van der Waals surface area contributed by atoms with Crippen molar-refractivity contribution in [1.29, 1.82) is 0 Å². The van der Waals surface area contributed by atoms with Crippen molar-refractivity contribution in [2.45, 2.75) is 20.4 Å². The summed E-state index contributed by atoms with van der Waals surface area (Å²) in [4.78, 5) is 48.3. The van der Waals surface area contributed by atoms with Crippen molar-refractivity contribution in [3.05, 3.63) is 47.2 Å². The summed E-state index contributed by atoms with van der Waals surface area (Å²) < 4.78 is 12.4. The summed E-state index contributed by atoms with van der Waals surface area (Å²) in [5, 5.41) is 2.21. The zero-order chi connectivity index (χ0) is 21.0. The molecule has 1 N–H and O–H groups in total. The summed E-state index contributed by atoms with van der Waals surface area (Å²) in [5.41, 5.74) is 1.97. The van der Waals surface area contributed by atoms with E-state index in [4.69, 9.17) is 9.15 Å². The first-order valence-electron chi connectivity index (χ1n) is 8.97. The smallest absolute Gasteiger partial charge is 0.340 e. The van der Waals surface area contributed by atoms with Gasteiger partial charge in [0.2, 0.25) is 5.91 Å². The van der Waals surface area contributed by atoms with E-state index in [1.807, 2.05) is 17.6 Å². The largest absolute Gasteiger partial charge is 0.467 e. The molecule has 3 rings (SSSR count). The van der Waals surface area contributed by atoms with Crippen LogP contribution in [0.15, 0.2) is 28.9 Å². The van der Waals surface area contributed by atoms with E-state index in [1.54, 1.807) is 25.3 Å². The van der Waals surface area contributed by atoms with Crippen LogP contribution in [0.5, 0.6) is 0 Å². The van der Waals surface area contributed by atoms with Crippen molar-refractivity contribution < 1.29 is 28.3 Å². The Morgan fingerprint density at radius 3 is 2.76 bits per heavy atom. The molecular weight excluding hydrogens is 398 g/mol. The zero-order valence-electron chi connectivity index (χ0n) is 16.1. The second-order valence-electron chi connectivity index (χ2n) is 6.48. The number of hydrogen-bond donors (Lipinski definition) is 1. The monoisotopic (exact) mass is 419 g/mol. The van der Waals surface area contributed by atoms with Crippen LogP contribution in [0.4, 0.5) is 4.79 Å². The molecule has 0 radical (unpaired) electrons. The number of esters is 1. The first-order chi connectivity index (χ1) is 13.9. The normalized spacial score (nSPS) is 13.8. The van der Waals surface area contributed by atoms with Crippen LogP contribution in [-0.2, 0) is 20.9 Å². The van der Waals surface area contributed by atoms with Crippen molar-refractivity contribution >= 4 is 34.8 Å². The van der Waals surface area contributed by atoms with Gasteiger partial charge in [-0.3, -0.25) is 19.3 Å². The molecule has 9 nitrogen and oxygen atoms in total. The lowest BCUT2D eigenvalue weighted by Gasteiger charge is -2.13. The molecular formula is C19H21N3O6S. The number of imide groups is 1. The molecule has 0 saturated carbocycles. The molecule has 1 aliphatic heterocycles. The Kier molecular flexibility index (Phi) is 6.42. The average molecular weight is 419 g/mol. The third-order valence-corrected chi connectivity index (χ3v) is 5.38. The van der Waals surface area contributed by atoms with E-state index in [0.29, 0.717) is 17.8 Å². The molecule has 0 spiro atoms. The van der Waals surface area contributed by atoms with Crippen LogP contribution in [0.25, 0.3) is 0 Å². The van der Waals surface area contributed by atoms with Gasteiger partial charge in [-0.25, -0.2) is 4.79 Å². The Balaban J connectivity index is 1.48. The lowest BCUT2D eigenvalue weighted by Crippen LogP contribution is -2.38. The Morgan fingerprint density at radius 1 is 1.31 bits per heavy atom. The molecule has 3 heterocycles. The van der Waals surface area contributed by atoms with Crippen molar-refractivity contribution in [3.63, 3.8) is 0 Å². The highest BCUT2D eigenvalue weighted by atomic mass is 32.2.